The Morgan fingerprint density at radius 1 is 1.11 bits per heavy atom. The normalized spacial score (nSPS) is 31.7. The number of rotatable bonds is 4. The Kier molecular flexibility index (Phi) is 5.40. The lowest BCUT2D eigenvalue weighted by atomic mass is 9.72. The summed E-state index contributed by atoms with van der Waals surface area (Å²) in [5.74, 6) is 0.824. The molecule has 6 N–H and O–H groups in total. The minimum atomic E-state index is -0.578. The molecule has 0 heterocycles. The third kappa shape index (κ3) is 4.18. The molecule has 4 atom stereocenters. The first-order valence-electron chi connectivity index (χ1n) is 6.48. The van der Waals surface area contributed by atoms with Crippen molar-refractivity contribution in [1.29, 1.82) is 0 Å². The molecule has 1 aliphatic carbocycles. The van der Waals surface area contributed by atoms with Crippen LogP contribution in [0.25, 0.3) is 0 Å². The van der Waals surface area contributed by atoms with Crippen molar-refractivity contribution in [3.63, 3.8) is 0 Å². The molecule has 0 radical (unpaired) electrons. The van der Waals surface area contributed by atoms with E-state index in [1.54, 1.807) is 0 Å². The molecule has 0 aromatic carbocycles. The second-order valence-electron chi connectivity index (χ2n) is 5.28. The van der Waals surface area contributed by atoms with E-state index in [1.807, 2.05) is 0 Å². The van der Waals surface area contributed by atoms with Crippen LogP contribution < -0.4 is 22.1 Å². The van der Waals surface area contributed by atoms with Crippen molar-refractivity contribution in [1.82, 2.24) is 10.6 Å². The number of urea groups is 1. The number of carbonyl (C=O) groups excluding carboxylic acids is 2. The Labute approximate surface area is 108 Å². The zero-order chi connectivity index (χ0) is 13.7. The van der Waals surface area contributed by atoms with Gasteiger partial charge in [0.25, 0.3) is 0 Å². The van der Waals surface area contributed by atoms with Gasteiger partial charge in [0.05, 0.1) is 0 Å². The average Bonchev–Trinajstić information content (AvgIpc) is 2.28. The summed E-state index contributed by atoms with van der Waals surface area (Å²) in [4.78, 5) is 22.5. The van der Waals surface area contributed by atoms with Crippen molar-refractivity contribution >= 4 is 11.9 Å². The van der Waals surface area contributed by atoms with Gasteiger partial charge in [0.15, 0.2) is 0 Å². The molecule has 4 unspecified atom stereocenters. The zero-order valence-corrected chi connectivity index (χ0v) is 11.1. The van der Waals surface area contributed by atoms with E-state index >= 15 is 0 Å². The minimum Gasteiger partial charge on any atom is -0.354 e. The number of nitrogens with one attached hydrogen (secondary N) is 2. The molecule has 0 spiro atoms. The number of primary amides is 1. The van der Waals surface area contributed by atoms with Gasteiger partial charge in [-0.2, -0.15) is 0 Å². The van der Waals surface area contributed by atoms with Crippen LogP contribution in [0.3, 0.4) is 0 Å². The van der Waals surface area contributed by atoms with E-state index in [0.717, 1.165) is 12.8 Å². The molecule has 1 rings (SSSR count). The van der Waals surface area contributed by atoms with Crippen molar-refractivity contribution in [2.45, 2.75) is 32.7 Å². The highest BCUT2D eigenvalue weighted by molar-refractivity contribution is 5.79. The summed E-state index contributed by atoms with van der Waals surface area (Å²) in [7, 11) is 0. The molecule has 18 heavy (non-hydrogen) atoms. The van der Waals surface area contributed by atoms with Gasteiger partial charge in [0.2, 0.25) is 5.91 Å². The molecule has 0 aliphatic heterocycles. The van der Waals surface area contributed by atoms with Crippen molar-refractivity contribution < 1.29 is 9.59 Å². The first kappa shape index (κ1) is 14.8. The SMILES string of the molecule is CC1CC(C)C(C(=O)NCCNC(N)=O)CC1N. The van der Waals surface area contributed by atoms with Gasteiger partial charge in [-0.3, -0.25) is 4.79 Å². The Bertz CT molecular complexity index is 308. The second kappa shape index (κ2) is 6.58. The predicted octanol–water partition coefficient (Wildman–Crippen LogP) is -0.220. The number of carbonyl (C=O) groups is 2. The smallest absolute Gasteiger partial charge is 0.312 e. The summed E-state index contributed by atoms with van der Waals surface area (Å²) in [6.07, 6.45) is 1.72. The number of hydrogen-bond acceptors (Lipinski definition) is 3. The van der Waals surface area contributed by atoms with Crippen molar-refractivity contribution in [3.05, 3.63) is 0 Å². The van der Waals surface area contributed by atoms with E-state index in [4.69, 9.17) is 11.5 Å². The van der Waals surface area contributed by atoms with E-state index in [0.29, 0.717) is 24.9 Å². The van der Waals surface area contributed by atoms with Gasteiger partial charge >= 0.3 is 6.03 Å². The van der Waals surface area contributed by atoms with Gasteiger partial charge in [0, 0.05) is 25.0 Å². The molecule has 1 saturated carbocycles. The molecule has 104 valence electrons. The van der Waals surface area contributed by atoms with E-state index in [-0.39, 0.29) is 17.9 Å². The molecule has 0 aromatic heterocycles. The molecule has 6 nitrogen and oxygen atoms in total. The van der Waals surface area contributed by atoms with Crippen LogP contribution in [0.2, 0.25) is 0 Å². The highest BCUT2D eigenvalue weighted by Crippen LogP contribution is 2.32. The van der Waals surface area contributed by atoms with Crippen LogP contribution in [0.5, 0.6) is 0 Å². The lowest BCUT2D eigenvalue weighted by molar-refractivity contribution is -0.128. The van der Waals surface area contributed by atoms with Gasteiger partial charge < -0.3 is 22.1 Å². The number of amides is 3. The molecular weight excluding hydrogens is 232 g/mol. The maximum atomic E-state index is 12.0. The third-order valence-electron chi connectivity index (χ3n) is 3.75. The summed E-state index contributed by atoms with van der Waals surface area (Å²) in [6, 6.07) is -0.480. The van der Waals surface area contributed by atoms with Crippen LogP contribution in [-0.2, 0) is 4.79 Å². The van der Waals surface area contributed by atoms with Crippen molar-refractivity contribution in [2.75, 3.05) is 13.1 Å². The fraction of sp³-hybridized carbons (Fsp3) is 0.833. The lowest BCUT2D eigenvalue weighted by Gasteiger charge is -2.36. The molecule has 6 heteroatoms. The van der Waals surface area contributed by atoms with Gasteiger partial charge in [-0.1, -0.05) is 13.8 Å². The Balaban J connectivity index is 2.34. The largest absolute Gasteiger partial charge is 0.354 e. The monoisotopic (exact) mass is 256 g/mol. The highest BCUT2D eigenvalue weighted by atomic mass is 16.2. The quantitative estimate of drug-likeness (QED) is 0.522. The van der Waals surface area contributed by atoms with E-state index in [2.05, 4.69) is 24.5 Å². The van der Waals surface area contributed by atoms with Gasteiger partial charge in [-0.25, -0.2) is 4.79 Å². The first-order valence-corrected chi connectivity index (χ1v) is 6.48. The molecular formula is C12H24N4O2. The number of hydrogen-bond donors (Lipinski definition) is 4. The van der Waals surface area contributed by atoms with Crippen molar-refractivity contribution in [2.24, 2.45) is 29.2 Å². The predicted molar refractivity (Wildman–Crippen MR) is 69.6 cm³/mol. The van der Waals surface area contributed by atoms with Crippen LogP contribution in [0.1, 0.15) is 26.7 Å². The van der Waals surface area contributed by atoms with Gasteiger partial charge in [-0.05, 0) is 24.7 Å². The Morgan fingerprint density at radius 3 is 2.33 bits per heavy atom. The molecule has 3 amide bonds. The Hall–Kier alpha value is -1.30. The summed E-state index contributed by atoms with van der Waals surface area (Å²) in [5.41, 5.74) is 10.9. The van der Waals surface area contributed by atoms with Gasteiger partial charge in [-0.15, -0.1) is 0 Å². The highest BCUT2D eigenvalue weighted by Gasteiger charge is 2.34. The summed E-state index contributed by atoms with van der Waals surface area (Å²) in [5, 5.41) is 5.24. The molecule has 1 fully saturated rings. The maximum Gasteiger partial charge on any atom is 0.312 e. The third-order valence-corrected chi connectivity index (χ3v) is 3.75. The maximum absolute atomic E-state index is 12.0. The fourth-order valence-electron chi connectivity index (χ4n) is 2.55. The van der Waals surface area contributed by atoms with E-state index in [1.165, 1.54) is 0 Å². The minimum absolute atomic E-state index is 0.0234. The fourth-order valence-corrected chi connectivity index (χ4v) is 2.55. The van der Waals surface area contributed by atoms with Crippen LogP contribution in [-0.4, -0.2) is 31.1 Å². The standard InChI is InChI=1S/C12H24N4O2/c1-7-5-8(2)10(13)6-9(7)11(17)15-3-4-16-12(14)18/h7-10H,3-6,13H2,1-2H3,(H,15,17)(H3,14,16,18). The summed E-state index contributed by atoms with van der Waals surface area (Å²) in [6.45, 7) is 4.97. The van der Waals surface area contributed by atoms with E-state index in [9.17, 15) is 9.59 Å². The van der Waals surface area contributed by atoms with Crippen LogP contribution in [0.15, 0.2) is 0 Å². The second-order valence-corrected chi connectivity index (χ2v) is 5.28. The molecule has 0 bridgehead atoms. The van der Waals surface area contributed by atoms with Crippen LogP contribution in [0, 0.1) is 17.8 Å². The average molecular weight is 256 g/mol. The molecule has 0 aromatic rings. The van der Waals surface area contributed by atoms with Crippen LogP contribution >= 0.6 is 0 Å². The van der Waals surface area contributed by atoms with Crippen LogP contribution in [0.4, 0.5) is 4.79 Å². The Morgan fingerprint density at radius 2 is 1.72 bits per heavy atom. The topological polar surface area (TPSA) is 110 Å². The summed E-state index contributed by atoms with van der Waals surface area (Å²) >= 11 is 0. The number of nitrogens with two attached hydrogens (primary N) is 2. The van der Waals surface area contributed by atoms with Gasteiger partial charge in [0.1, 0.15) is 0 Å². The van der Waals surface area contributed by atoms with E-state index < -0.39 is 6.03 Å². The van der Waals surface area contributed by atoms with Crippen molar-refractivity contribution in [3.8, 4) is 0 Å². The zero-order valence-electron chi connectivity index (χ0n) is 11.1. The summed E-state index contributed by atoms with van der Waals surface area (Å²) < 4.78 is 0. The molecule has 0 saturated heterocycles. The lowest BCUT2D eigenvalue weighted by Crippen LogP contribution is -2.46. The molecule has 1 aliphatic rings. The first-order chi connectivity index (χ1) is 8.41.